The number of likely N-dealkylation sites (tertiary alicyclic amines) is 1. The maximum atomic E-state index is 12.2. The molecule has 7 heteroatoms. The van der Waals surface area contributed by atoms with Crippen LogP contribution in [0, 0.1) is 5.92 Å². The van der Waals surface area contributed by atoms with Crippen LogP contribution >= 0.6 is 11.3 Å². The summed E-state index contributed by atoms with van der Waals surface area (Å²) >= 11 is 1.53. The van der Waals surface area contributed by atoms with E-state index in [2.05, 4.69) is 10.3 Å². The van der Waals surface area contributed by atoms with Gasteiger partial charge in [0.25, 0.3) is 0 Å². The Hall–Kier alpha value is -1.63. The fourth-order valence-corrected chi connectivity index (χ4v) is 3.09. The van der Waals surface area contributed by atoms with Crippen LogP contribution in [0.4, 0.5) is 4.79 Å². The lowest BCUT2D eigenvalue weighted by Crippen LogP contribution is -2.46. The van der Waals surface area contributed by atoms with Gasteiger partial charge in [-0.15, -0.1) is 11.3 Å². The van der Waals surface area contributed by atoms with E-state index >= 15 is 0 Å². The third kappa shape index (κ3) is 3.47. The van der Waals surface area contributed by atoms with Gasteiger partial charge in [-0.05, 0) is 19.3 Å². The summed E-state index contributed by atoms with van der Waals surface area (Å²) in [6.07, 6.45) is 3.56. The summed E-state index contributed by atoms with van der Waals surface area (Å²) in [5, 5.41) is 14.7. The van der Waals surface area contributed by atoms with Gasteiger partial charge < -0.3 is 15.3 Å². The van der Waals surface area contributed by atoms with Gasteiger partial charge in [-0.1, -0.05) is 6.92 Å². The van der Waals surface area contributed by atoms with Crippen molar-refractivity contribution in [3.8, 4) is 0 Å². The predicted molar refractivity (Wildman–Crippen MR) is 75.6 cm³/mol. The number of aromatic nitrogens is 1. The van der Waals surface area contributed by atoms with Crippen LogP contribution in [0.25, 0.3) is 0 Å². The van der Waals surface area contributed by atoms with Crippen LogP contribution in [0.5, 0.6) is 0 Å². The Labute approximate surface area is 121 Å². The fourth-order valence-electron chi connectivity index (χ4n) is 2.31. The average Bonchev–Trinajstić information content (AvgIpc) is 2.98. The largest absolute Gasteiger partial charge is 0.481 e. The number of carbonyl (C=O) groups excluding carboxylic acids is 1. The molecule has 1 fully saturated rings. The molecule has 1 aromatic rings. The standard InChI is InChI=1S/C13H19N3O3S/c1-2-10(11-14-5-8-20-11)15-13(19)16-6-3-9(4-7-16)12(17)18/h5,8-10H,2-4,6-7H2,1H3,(H,15,19)(H,17,18). The number of carbonyl (C=O) groups is 2. The zero-order chi connectivity index (χ0) is 14.5. The number of amides is 2. The Morgan fingerprint density at radius 2 is 2.25 bits per heavy atom. The molecule has 2 rings (SSSR count). The molecule has 1 aromatic heterocycles. The third-order valence-corrected chi connectivity index (χ3v) is 4.48. The number of rotatable bonds is 4. The van der Waals surface area contributed by atoms with E-state index in [1.165, 1.54) is 11.3 Å². The zero-order valence-corrected chi connectivity index (χ0v) is 12.2. The molecule has 110 valence electrons. The normalized spacial score (nSPS) is 17.8. The molecule has 1 aliphatic rings. The molecule has 20 heavy (non-hydrogen) atoms. The second-order valence-electron chi connectivity index (χ2n) is 4.88. The highest BCUT2D eigenvalue weighted by Gasteiger charge is 2.28. The fraction of sp³-hybridized carbons (Fsp3) is 0.615. The topological polar surface area (TPSA) is 82.5 Å². The van der Waals surface area contributed by atoms with E-state index in [0.717, 1.165) is 11.4 Å². The minimum Gasteiger partial charge on any atom is -0.481 e. The van der Waals surface area contributed by atoms with Crippen molar-refractivity contribution in [3.05, 3.63) is 16.6 Å². The summed E-state index contributed by atoms with van der Waals surface area (Å²) in [6, 6.07) is -0.199. The Morgan fingerprint density at radius 1 is 1.55 bits per heavy atom. The number of hydrogen-bond acceptors (Lipinski definition) is 4. The molecule has 2 amide bonds. The van der Waals surface area contributed by atoms with Crippen LogP contribution in [0.3, 0.4) is 0 Å². The van der Waals surface area contributed by atoms with E-state index in [4.69, 9.17) is 5.11 Å². The molecule has 1 unspecified atom stereocenters. The van der Waals surface area contributed by atoms with Gasteiger partial charge in [0.2, 0.25) is 0 Å². The lowest BCUT2D eigenvalue weighted by molar-refractivity contribution is -0.143. The molecule has 2 N–H and O–H groups in total. The van der Waals surface area contributed by atoms with Crippen molar-refractivity contribution >= 4 is 23.3 Å². The molecule has 1 aliphatic heterocycles. The van der Waals surface area contributed by atoms with Crippen molar-refractivity contribution in [2.75, 3.05) is 13.1 Å². The number of thiazole rings is 1. The number of nitrogens with zero attached hydrogens (tertiary/aromatic N) is 2. The molecule has 0 radical (unpaired) electrons. The molecule has 0 spiro atoms. The summed E-state index contributed by atoms with van der Waals surface area (Å²) < 4.78 is 0. The Morgan fingerprint density at radius 3 is 2.75 bits per heavy atom. The van der Waals surface area contributed by atoms with Gasteiger partial charge >= 0.3 is 12.0 Å². The van der Waals surface area contributed by atoms with Gasteiger partial charge in [-0.25, -0.2) is 9.78 Å². The average molecular weight is 297 g/mol. The highest BCUT2D eigenvalue weighted by Crippen LogP contribution is 2.21. The summed E-state index contributed by atoms with van der Waals surface area (Å²) in [6.45, 7) is 3.00. The van der Waals surface area contributed by atoms with Crippen molar-refractivity contribution < 1.29 is 14.7 Å². The molecule has 2 heterocycles. The summed E-state index contributed by atoms with van der Waals surface area (Å²) in [4.78, 5) is 29.0. The van der Waals surface area contributed by atoms with E-state index in [1.807, 2.05) is 12.3 Å². The number of piperidine rings is 1. The highest BCUT2D eigenvalue weighted by molar-refractivity contribution is 7.09. The molecule has 0 aliphatic carbocycles. The van der Waals surface area contributed by atoms with Gasteiger partial charge in [0.15, 0.2) is 0 Å². The molecule has 1 saturated heterocycles. The van der Waals surface area contributed by atoms with Crippen molar-refractivity contribution in [3.63, 3.8) is 0 Å². The zero-order valence-electron chi connectivity index (χ0n) is 11.4. The summed E-state index contributed by atoms with van der Waals surface area (Å²) in [7, 11) is 0. The maximum absolute atomic E-state index is 12.2. The third-order valence-electron chi connectivity index (χ3n) is 3.59. The van der Waals surface area contributed by atoms with E-state index in [-0.39, 0.29) is 18.0 Å². The minimum absolute atomic E-state index is 0.0697. The number of carboxylic acids is 1. The smallest absolute Gasteiger partial charge is 0.317 e. The number of urea groups is 1. The quantitative estimate of drug-likeness (QED) is 0.891. The van der Waals surface area contributed by atoms with E-state index in [9.17, 15) is 9.59 Å². The van der Waals surface area contributed by atoms with E-state index in [1.54, 1.807) is 11.1 Å². The van der Waals surface area contributed by atoms with Crippen LogP contribution in [0.2, 0.25) is 0 Å². The van der Waals surface area contributed by atoms with Gasteiger partial charge in [0, 0.05) is 24.7 Å². The molecule has 0 bridgehead atoms. The van der Waals surface area contributed by atoms with Crippen LogP contribution in [0.1, 0.15) is 37.2 Å². The molecule has 0 saturated carbocycles. The van der Waals surface area contributed by atoms with Crippen molar-refractivity contribution in [2.24, 2.45) is 5.92 Å². The lowest BCUT2D eigenvalue weighted by atomic mass is 9.97. The first-order valence-corrected chi connectivity index (χ1v) is 7.67. The Kier molecular flexibility index (Phi) is 4.94. The maximum Gasteiger partial charge on any atom is 0.317 e. The second-order valence-corrected chi connectivity index (χ2v) is 5.81. The van der Waals surface area contributed by atoms with Gasteiger partial charge in [0.1, 0.15) is 5.01 Å². The summed E-state index contributed by atoms with van der Waals surface area (Å²) in [5.41, 5.74) is 0. The number of aliphatic carboxylic acids is 1. The van der Waals surface area contributed by atoms with E-state index in [0.29, 0.717) is 25.9 Å². The van der Waals surface area contributed by atoms with Crippen molar-refractivity contribution in [1.29, 1.82) is 0 Å². The number of hydrogen-bond donors (Lipinski definition) is 2. The Balaban J connectivity index is 1.87. The minimum atomic E-state index is -0.765. The van der Waals surface area contributed by atoms with Crippen LogP contribution < -0.4 is 5.32 Å². The monoisotopic (exact) mass is 297 g/mol. The van der Waals surface area contributed by atoms with Crippen molar-refractivity contribution in [2.45, 2.75) is 32.2 Å². The molecule has 1 atom stereocenters. The highest BCUT2D eigenvalue weighted by atomic mass is 32.1. The first-order chi connectivity index (χ1) is 9.61. The second kappa shape index (κ2) is 6.69. The summed E-state index contributed by atoms with van der Waals surface area (Å²) in [5.74, 6) is -1.08. The van der Waals surface area contributed by atoms with Gasteiger partial charge in [-0.3, -0.25) is 4.79 Å². The van der Waals surface area contributed by atoms with Crippen molar-refractivity contribution in [1.82, 2.24) is 15.2 Å². The SMILES string of the molecule is CCC(NC(=O)N1CCC(C(=O)O)CC1)c1nccs1. The van der Waals surface area contributed by atoms with Crippen LogP contribution in [0.15, 0.2) is 11.6 Å². The van der Waals surface area contributed by atoms with Crippen LogP contribution in [-0.2, 0) is 4.79 Å². The first-order valence-electron chi connectivity index (χ1n) is 6.79. The molecule has 0 aromatic carbocycles. The number of carboxylic acid groups (broad SMARTS) is 1. The van der Waals surface area contributed by atoms with Crippen LogP contribution in [-0.4, -0.2) is 40.1 Å². The molecular weight excluding hydrogens is 278 g/mol. The van der Waals surface area contributed by atoms with E-state index < -0.39 is 5.97 Å². The lowest BCUT2D eigenvalue weighted by Gasteiger charge is -2.31. The van der Waals surface area contributed by atoms with Gasteiger partial charge in [0.05, 0.1) is 12.0 Å². The molecule has 6 nitrogen and oxygen atoms in total. The molecular formula is C13H19N3O3S. The number of nitrogens with one attached hydrogen (secondary N) is 1. The Bertz CT molecular complexity index is 455. The first kappa shape index (κ1) is 14.8. The predicted octanol–water partition coefficient (Wildman–Crippen LogP) is 2.10. The van der Waals surface area contributed by atoms with Gasteiger partial charge in [-0.2, -0.15) is 0 Å².